The van der Waals surface area contributed by atoms with Crippen molar-refractivity contribution in [2.24, 2.45) is 0 Å². The Balaban J connectivity index is 1.28. The van der Waals surface area contributed by atoms with E-state index < -0.39 is 0 Å². The number of nitrogens with one attached hydrogen (secondary N) is 1. The maximum absolute atomic E-state index is 13.0. The first kappa shape index (κ1) is 20.3. The van der Waals surface area contributed by atoms with Crippen LogP contribution in [0.15, 0.2) is 35.2 Å². The quantitative estimate of drug-likeness (QED) is 0.474. The molecule has 1 amide bonds. The zero-order valence-corrected chi connectivity index (χ0v) is 18.9. The summed E-state index contributed by atoms with van der Waals surface area (Å²) in [4.78, 5) is 33.3. The van der Waals surface area contributed by atoms with Gasteiger partial charge in [-0.1, -0.05) is 11.3 Å². The van der Waals surface area contributed by atoms with Crippen molar-refractivity contribution in [1.82, 2.24) is 19.9 Å². The number of carbonyl (C=O) groups excluding carboxylic acids is 1. The van der Waals surface area contributed by atoms with Gasteiger partial charge in [0, 0.05) is 31.4 Å². The standard InChI is InChI=1S/C23H22N6O3S/c1-13-8-15(11-24-10-13)22-26-17(12-32-22)21(30)25-16-9-18-20(27-19(16)14-2-3-14)28-23(33-18)29-4-6-31-7-5-29/h8-12,14H,2-7H2,1H3,(H,25,30). The number of aromatic nitrogens is 4. The summed E-state index contributed by atoms with van der Waals surface area (Å²) in [6, 6.07) is 3.90. The molecule has 0 atom stereocenters. The minimum Gasteiger partial charge on any atom is -0.444 e. The lowest BCUT2D eigenvalue weighted by Gasteiger charge is -2.25. The molecule has 1 aliphatic heterocycles. The van der Waals surface area contributed by atoms with Crippen molar-refractivity contribution >= 4 is 38.4 Å². The van der Waals surface area contributed by atoms with Gasteiger partial charge in [0.1, 0.15) is 6.26 Å². The minimum atomic E-state index is -0.327. The number of amides is 1. The van der Waals surface area contributed by atoms with E-state index >= 15 is 0 Å². The molecule has 0 unspecified atom stereocenters. The van der Waals surface area contributed by atoms with Gasteiger partial charge in [0.25, 0.3) is 5.91 Å². The van der Waals surface area contributed by atoms with Crippen molar-refractivity contribution in [3.05, 3.63) is 47.7 Å². The first-order valence-electron chi connectivity index (χ1n) is 11.0. The molecule has 33 heavy (non-hydrogen) atoms. The van der Waals surface area contributed by atoms with Crippen LogP contribution >= 0.6 is 11.3 Å². The molecule has 6 rings (SSSR count). The molecule has 0 aromatic carbocycles. The molecular formula is C23H22N6O3S. The third-order valence-electron chi connectivity index (χ3n) is 5.75. The average Bonchev–Trinajstić information content (AvgIpc) is 3.39. The summed E-state index contributed by atoms with van der Waals surface area (Å²) in [5.74, 6) is 0.390. The Kier molecular flexibility index (Phi) is 5.03. The number of hydrogen-bond donors (Lipinski definition) is 1. The largest absolute Gasteiger partial charge is 0.444 e. The second-order valence-corrected chi connectivity index (χ2v) is 9.37. The number of thiazole rings is 1. The van der Waals surface area contributed by atoms with Gasteiger partial charge in [0.05, 0.1) is 34.9 Å². The van der Waals surface area contributed by atoms with Crippen LogP contribution in [0, 0.1) is 6.92 Å². The third-order valence-corrected chi connectivity index (χ3v) is 6.81. The van der Waals surface area contributed by atoms with Gasteiger partial charge >= 0.3 is 0 Å². The molecule has 5 heterocycles. The van der Waals surface area contributed by atoms with E-state index in [1.165, 1.54) is 6.26 Å². The number of morpholine rings is 1. The fourth-order valence-corrected chi connectivity index (χ4v) is 4.89. The Bertz CT molecular complexity index is 1340. The lowest BCUT2D eigenvalue weighted by Crippen LogP contribution is -2.36. The number of anilines is 2. The molecule has 168 valence electrons. The lowest BCUT2D eigenvalue weighted by atomic mass is 10.2. The molecule has 2 fully saturated rings. The highest BCUT2D eigenvalue weighted by Crippen LogP contribution is 2.44. The SMILES string of the molecule is Cc1cncc(-c2nc(C(=O)Nc3cc4sc(N5CCOCC5)nc4nc3C3CC3)co2)c1. The molecular weight excluding hydrogens is 440 g/mol. The Morgan fingerprint density at radius 3 is 2.79 bits per heavy atom. The van der Waals surface area contributed by atoms with Crippen LogP contribution in [-0.4, -0.2) is 52.1 Å². The summed E-state index contributed by atoms with van der Waals surface area (Å²) in [6.45, 7) is 5.00. The summed E-state index contributed by atoms with van der Waals surface area (Å²) in [7, 11) is 0. The second kappa shape index (κ2) is 8.20. The summed E-state index contributed by atoms with van der Waals surface area (Å²) in [5, 5.41) is 3.95. The van der Waals surface area contributed by atoms with Crippen LogP contribution in [0.2, 0.25) is 0 Å². The first-order chi connectivity index (χ1) is 16.1. The van der Waals surface area contributed by atoms with Crippen molar-refractivity contribution in [2.75, 3.05) is 36.5 Å². The van der Waals surface area contributed by atoms with Crippen molar-refractivity contribution in [3.63, 3.8) is 0 Å². The summed E-state index contributed by atoms with van der Waals surface area (Å²) < 4.78 is 11.9. The predicted molar refractivity (Wildman–Crippen MR) is 125 cm³/mol. The average molecular weight is 463 g/mol. The van der Waals surface area contributed by atoms with Gasteiger partial charge < -0.3 is 19.4 Å². The van der Waals surface area contributed by atoms with Crippen molar-refractivity contribution in [3.8, 4) is 11.5 Å². The number of pyridine rings is 2. The van der Waals surface area contributed by atoms with E-state index in [1.54, 1.807) is 23.7 Å². The van der Waals surface area contributed by atoms with Gasteiger partial charge in [-0.05, 0) is 37.5 Å². The fourth-order valence-electron chi connectivity index (χ4n) is 3.89. The van der Waals surface area contributed by atoms with E-state index in [4.69, 9.17) is 19.1 Å². The highest BCUT2D eigenvalue weighted by Gasteiger charge is 2.30. The Labute approximate surface area is 193 Å². The number of ether oxygens (including phenoxy) is 1. The molecule has 4 aromatic heterocycles. The van der Waals surface area contributed by atoms with E-state index in [-0.39, 0.29) is 11.6 Å². The number of fused-ring (bicyclic) bond motifs is 1. The molecule has 1 N–H and O–H groups in total. The van der Waals surface area contributed by atoms with Crippen molar-refractivity contribution in [2.45, 2.75) is 25.7 Å². The number of hydrogen-bond acceptors (Lipinski definition) is 9. The molecule has 0 spiro atoms. The summed E-state index contributed by atoms with van der Waals surface area (Å²) >= 11 is 1.59. The van der Waals surface area contributed by atoms with Crippen molar-refractivity contribution in [1.29, 1.82) is 0 Å². The molecule has 1 aliphatic carbocycles. The second-order valence-electron chi connectivity index (χ2n) is 8.36. The van der Waals surface area contributed by atoms with Crippen molar-refractivity contribution < 1.29 is 13.9 Å². The van der Waals surface area contributed by atoms with Gasteiger partial charge in [-0.15, -0.1) is 0 Å². The van der Waals surface area contributed by atoms with E-state index in [2.05, 4.69) is 20.2 Å². The number of rotatable bonds is 5. The zero-order chi connectivity index (χ0) is 22.4. The van der Waals surface area contributed by atoms with Crippen LogP contribution in [0.3, 0.4) is 0 Å². The highest BCUT2D eigenvalue weighted by molar-refractivity contribution is 7.22. The molecule has 4 aromatic rings. The number of carbonyl (C=O) groups is 1. The van der Waals surface area contributed by atoms with Crippen LogP contribution in [0.25, 0.3) is 21.8 Å². The van der Waals surface area contributed by atoms with Crippen LogP contribution in [0.1, 0.15) is 40.5 Å². The van der Waals surface area contributed by atoms with E-state index in [0.29, 0.717) is 30.7 Å². The van der Waals surface area contributed by atoms with Crippen LogP contribution in [0.4, 0.5) is 10.8 Å². The fraction of sp³-hybridized carbons (Fsp3) is 0.348. The number of oxazole rings is 1. The van der Waals surface area contributed by atoms with Crippen LogP contribution < -0.4 is 10.2 Å². The Morgan fingerprint density at radius 1 is 1.15 bits per heavy atom. The molecule has 2 aliphatic rings. The van der Waals surface area contributed by atoms with E-state index in [9.17, 15) is 4.79 Å². The summed E-state index contributed by atoms with van der Waals surface area (Å²) in [6.07, 6.45) is 6.93. The number of aryl methyl sites for hydroxylation is 1. The van der Waals surface area contributed by atoms with Crippen LogP contribution in [-0.2, 0) is 4.74 Å². The number of nitrogens with zero attached hydrogens (tertiary/aromatic N) is 5. The molecule has 1 saturated carbocycles. The minimum absolute atomic E-state index is 0.215. The van der Waals surface area contributed by atoms with Gasteiger partial charge in [0.2, 0.25) is 5.89 Å². The molecule has 0 radical (unpaired) electrons. The third kappa shape index (κ3) is 4.07. The maximum atomic E-state index is 13.0. The molecule has 9 nitrogen and oxygen atoms in total. The highest BCUT2D eigenvalue weighted by atomic mass is 32.1. The van der Waals surface area contributed by atoms with Crippen LogP contribution in [0.5, 0.6) is 0 Å². The normalized spacial score (nSPS) is 16.3. The van der Waals surface area contributed by atoms with Gasteiger partial charge in [-0.25, -0.2) is 9.97 Å². The first-order valence-corrected chi connectivity index (χ1v) is 11.8. The topological polar surface area (TPSA) is 106 Å². The Hall–Kier alpha value is -3.37. The molecule has 1 saturated heterocycles. The van der Waals surface area contributed by atoms with Gasteiger partial charge in [-0.2, -0.15) is 4.98 Å². The monoisotopic (exact) mass is 462 g/mol. The molecule has 0 bridgehead atoms. The van der Waals surface area contributed by atoms with Gasteiger partial charge in [-0.3, -0.25) is 9.78 Å². The van der Waals surface area contributed by atoms with Gasteiger partial charge in [0.15, 0.2) is 16.5 Å². The lowest BCUT2D eigenvalue weighted by molar-refractivity contribution is 0.102. The Morgan fingerprint density at radius 2 is 2.00 bits per heavy atom. The zero-order valence-electron chi connectivity index (χ0n) is 18.1. The maximum Gasteiger partial charge on any atom is 0.277 e. The van der Waals surface area contributed by atoms with E-state index in [1.807, 2.05) is 19.1 Å². The molecule has 10 heteroatoms. The van der Waals surface area contributed by atoms with E-state index in [0.717, 1.165) is 58.2 Å². The predicted octanol–water partition coefficient (Wildman–Crippen LogP) is 4.02. The smallest absolute Gasteiger partial charge is 0.277 e. The summed E-state index contributed by atoms with van der Waals surface area (Å²) in [5.41, 5.74) is 4.28.